The van der Waals surface area contributed by atoms with E-state index in [2.05, 4.69) is 10.3 Å². The highest BCUT2D eigenvalue weighted by atomic mass is 16.6. The van der Waals surface area contributed by atoms with Gasteiger partial charge in [-0.25, -0.2) is 4.98 Å². The number of rotatable bonds is 3. The van der Waals surface area contributed by atoms with Gasteiger partial charge in [0.1, 0.15) is 12.0 Å². The average Bonchev–Trinajstić information content (AvgIpc) is 2.06. The third-order valence-corrected chi connectivity index (χ3v) is 1.32. The van der Waals surface area contributed by atoms with Crippen molar-refractivity contribution in [2.24, 2.45) is 0 Å². The molecule has 1 aromatic rings. The third kappa shape index (κ3) is 1.91. The predicted octanol–water partition coefficient (Wildman–Crippen LogP) is 1.42. The Labute approximate surface area is 69.6 Å². The van der Waals surface area contributed by atoms with Crippen molar-refractivity contribution in [3.63, 3.8) is 0 Å². The first kappa shape index (κ1) is 8.45. The van der Waals surface area contributed by atoms with Crippen LogP contribution in [-0.2, 0) is 0 Å². The molecule has 0 saturated heterocycles. The summed E-state index contributed by atoms with van der Waals surface area (Å²) in [6.07, 6.45) is 1.23. The Morgan fingerprint density at radius 1 is 1.67 bits per heavy atom. The van der Waals surface area contributed by atoms with E-state index in [0.29, 0.717) is 5.82 Å². The zero-order valence-electron chi connectivity index (χ0n) is 6.65. The van der Waals surface area contributed by atoms with E-state index < -0.39 is 4.92 Å². The van der Waals surface area contributed by atoms with Crippen molar-refractivity contribution in [1.82, 2.24) is 4.98 Å². The van der Waals surface area contributed by atoms with Crippen molar-refractivity contribution in [3.8, 4) is 0 Å². The first-order valence-electron chi connectivity index (χ1n) is 3.58. The molecular formula is C7H9N3O2. The van der Waals surface area contributed by atoms with E-state index in [0.717, 1.165) is 6.54 Å². The zero-order valence-corrected chi connectivity index (χ0v) is 6.65. The minimum Gasteiger partial charge on any atom is -0.370 e. The molecule has 0 fully saturated rings. The largest absolute Gasteiger partial charge is 0.370 e. The van der Waals surface area contributed by atoms with Crippen LogP contribution in [0, 0.1) is 10.1 Å². The second-order valence-electron chi connectivity index (χ2n) is 2.19. The number of hydrogen-bond donors (Lipinski definition) is 1. The van der Waals surface area contributed by atoms with Crippen molar-refractivity contribution < 1.29 is 4.92 Å². The maximum absolute atomic E-state index is 10.2. The Bertz CT molecular complexity index is 270. The van der Waals surface area contributed by atoms with Gasteiger partial charge in [-0.05, 0) is 13.0 Å². The summed E-state index contributed by atoms with van der Waals surface area (Å²) in [6, 6.07) is 3.01. The van der Waals surface area contributed by atoms with Crippen LogP contribution in [0.2, 0.25) is 0 Å². The van der Waals surface area contributed by atoms with Crippen LogP contribution in [0.15, 0.2) is 18.3 Å². The van der Waals surface area contributed by atoms with Gasteiger partial charge >= 0.3 is 0 Å². The van der Waals surface area contributed by atoms with Crippen LogP contribution in [0.1, 0.15) is 6.92 Å². The number of pyridine rings is 1. The molecule has 0 spiro atoms. The summed E-state index contributed by atoms with van der Waals surface area (Å²) in [4.78, 5) is 13.6. The highest BCUT2D eigenvalue weighted by molar-refractivity contribution is 5.39. The minimum absolute atomic E-state index is 0.0108. The SMILES string of the molecule is CCNc1ccc([N+](=O)[O-])cn1. The Morgan fingerprint density at radius 2 is 2.42 bits per heavy atom. The van der Waals surface area contributed by atoms with Gasteiger partial charge in [0.25, 0.3) is 5.69 Å². The Hall–Kier alpha value is -1.65. The second kappa shape index (κ2) is 3.66. The molecule has 5 nitrogen and oxygen atoms in total. The van der Waals surface area contributed by atoms with E-state index in [1.165, 1.54) is 12.3 Å². The van der Waals surface area contributed by atoms with Crippen molar-refractivity contribution in [1.29, 1.82) is 0 Å². The quantitative estimate of drug-likeness (QED) is 0.546. The molecule has 1 N–H and O–H groups in total. The molecule has 12 heavy (non-hydrogen) atoms. The van der Waals surface area contributed by atoms with Crippen LogP contribution in [0.4, 0.5) is 11.5 Å². The summed E-state index contributed by atoms with van der Waals surface area (Å²) >= 11 is 0. The molecule has 0 amide bonds. The number of nitrogens with one attached hydrogen (secondary N) is 1. The normalized spacial score (nSPS) is 9.42. The van der Waals surface area contributed by atoms with Gasteiger partial charge in [-0.2, -0.15) is 0 Å². The van der Waals surface area contributed by atoms with Crippen molar-refractivity contribution in [3.05, 3.63) is 28.4 Å². The molecule has 0 saturated carbocycles. The molecule has 0 aliphatic rings. The Kier molecular flexibility index (Phi) is 2.57. The first-order valence-corrected chi connectivity index (χ1v) is 3.58. The summed E-state index contributed by atoms with van der Waals surface area (Å²) in [7, 11) is 0. The molecule has 0 bridgehead atoms. The standard InChI is InChI=1S/C7H9N3O2/c1-2-8-7-4-3-6(5-9-7)10(11)12/h3-5H,2H2,1H3,(H,8,9). The molecule has 0 aliphatic carbocycles. The van der Waals surface area contributed by atoms with Gasteiger partial charge in [-0.15, -0.1) is 0 Å². The number of anilines is 1. The number of hydrogen-bond acceptors (Lipinski definition) is 4. The molecule has 0 atom stereocenters. The lowest BCUT2D eigenvalue weighted by Gasteiger charge is -1.99. The highest BCUT2D eigenvalue weighted by Crippen LogP contribution is 2.10. The van der Waals surface area contributed by atoms with E-state index in [-0.39, 0.29) is 5.69 Å². The molecule has 0 unspecified atom stereocenters. The predicted molar refractivity (Wildman–Crippen MR) is 45.1 cm³/mol. The van der Waals surface area contributed by atoms with E-state index in [4.69, 9.17) is 0 Å². The lowest BCUT2D eigenvalue weighted by molar-refractivity contribution is -0.385. The number of aromatic nitrogens is 1. The van der Waals surface area contributed by atoms with Crippen molar-refractivity contribution in [2.75, 3.05) is 11.9 Å². The maximum Gasteiger partial charge on any atom is 0.287 e. The smallest absolute Gasteiger partial charge is 0.287 e. The summed E-state index contributed by atoms with van der Waals surface area (Å²) in [5.41, 5.74) is 0.0108. The molecule has 1 heterocycles. The number of nitrogens with zero attached hydrogens (tertiary/aromatic N) is 2. The molecule has 0 radical (unpaired) electrons. The fourth-order valence-corrected chi connectivity index (χ4v) is 0.780. The summed E-state index contributed by atoms with van der Waals surface area (Å²) in [5, 5.41) is 13.2. The molecule has 5 heteroatoms. The third-order valence-electron chi connectivity index (χ3n) is 1.32. The summed E-state index contributed by atoms with van der Waals surface area (Å²) < 4.78 is 0. The first-order chi connectivity index (χ1) is 5.74. The van der Waals surface area contributed by atoms with E-state index in [1.807, 2.05) is 6.92 Å². The molecule has 64 valence electrons. The lowest BCUT2D eigenvalue weighted by atomic mass is 10.4. The minimum atomic E-state index is -0.470. The topological polar surface area (TPSA) is 68.1 Å². The molecular weight excluding hydrogens is 158 g/mol. The zero-order chi connectivity index (χ0) is 8.97. The Balaban J connectivity index is 2.78. The van der Waals surface area contributed by atoms with Gasteiger partial charge in [0.15, 0.2) is 0 Å². The van der Waals surface area contributed by atoms with Crippen LogP contribution in [0.3, 0.4) is 0 Å². The highest BCUT2D eigenvalue weighted by Gasteiger charge is 2.03. The van der Waals surface area contributed by atoms with E-state index >= 15 is 0 Å². The average molecular weight is 167 g/mol. The monoisotopic (exact) mass is 167 g/mol. The summed E-state index contributed by atoms with van der Waals surface area (Å²) in [5.74, 6) is 0.656. The van der Waals surface area contributed by atoms with Gasteiger partial charge in [0.2, 0.25) is 0 Å². The van der Waals surface area contributed by atoms with E-state index in [9.17, 15) is 10.1 Å². The maximum atomic E-state index is 10.2. The van der Waals surface area contributed by atoms with Crippen LogP contribution >= 0.6 is 0 Å². The van der Waals surface area contributed by atoms with Gasteiger partial charge in [-0.3, -0.25) is 10.1 Å². The van der Waals surface area contributed by atoms with Crippen LogP contribution in [-0.4, -0.2) is 16.5 Å². The fraction of sp³-hybridized carbons (Fsp3) is 0.286. The van der Waals surface area contributed by atoms with Gasteiger partial charge in [0, 0.05) is 12.6 Å². The van der Waals surface area contributed by atoms with Gasteiger partial charge in [-0.1, -0.05) is 0 Å². The second-order valence-corrected chi connectivity index (χ2v) is 2.19. The Morgan fingerprint density at radius 3 is 2.83 bits per heavy atom. The molecule has 0 aliphatic heterocycles. The molecule has 0 aromatic carbocycles. The van der Waals surface area contributed by atoms with Crippen LogP contribution in [0.5, 0.6) is 0 Å². The molecule has 1 aromatic heterocycles. The van der Waals surface area contributed by atoms with Crippen LogP contribution in [0.25, 0.3) is 0 Å². The van der Waals surface area contributed by atoms with Gasteiger partial charge < -0.3 is 5.32 Å². The van der Waals surface area contributed by atoms with Gasteiger partial charge in [0.05, 0.1) is 4.92 Å². The lowest BCUT2D eigenvalue weighted by Crippen LogP contribution is -1.99. The van der Waals surface area contributed by atoms with Crippen molar-refractivity contribution in [2.45, 2.75) is 6.92 Å². The van der Waals surface area contributed by atoms with Crippen LogP contribution < -0.4 is 5.32 Å². The number of nitro groups is 1. The summed E-state index contributed by atoms with van der Waals surface area (Å²) in [6.45, 7) is 2.69. The van der Waals surface area contributed by atoms with Crippen molar-refractivity contribution >= 4 is 11.5 Å². The van der Waals surface area contributed by atoms with E-state index in [1.54, 1.807) is 6.07 Å². The fourth-order valence-electron chi connectivity index (χ4n) is 0.780. The molecule has 1 rings (SSSR count).